The molecule has 2 saturated heterocycles. The minimum Gasteiger partial charge on any atom is -0.315 e. The van der Waals surface area contributed by atoms with Crippen LogP contribution < -0.4 is 5.73 Å². The first-order chi connectivity index (χ1) is 7.51. The second-order valence-electron chi connectivity index (χ2n) is 4.91. The highest BCUT2D eigenvalue weighted by Crippen LogP contribution is 2.24. The predicted octanol–water partition coefficient (Wildman–Crippen LogP) is 0.344. The van der Waals surface area contributed by atoms with Gasteiger partial charge in [-0.3, -0.25) is 0 Å². The monoisotopic (exact) mass is 247 g/mol. The predicted molar refractivity (Wildman–Crippen MR) is 62.8 cm³/mol. The van der Waals surface area contributed by atoms with Gasteiger partial charge in [0.15, 0.2) is 0 Å². The number of nitrogens with zero attached hydrogens (tertiary/aromatic N) is 2. The van der Waals surface area contributed by atoms with Crippen molar-refractivity contribution in [3.8, 4) is 0 Å². The maximum atomic E-state index is 12.3. The molecule has 16 heavy (non-hydrogen) atoms. The average Bonchev–Trinajstić information content (AvgIpc) is 2.66. The van der Waals surface area contributed by atoms with E-state index in [1.165, 1.54) is 4.31 Å². The zero-order valence-electron chi connectivity index (χ0n) is 9.80. The molecule has 0 aliphatic carbocycles. The first-order valence-corrected chi connectivity index (χ1v) is 7.44. The van der Waals surface area contributed by atoms with Crippen LogP contribution in [0.25, 0.3) is 0 Å². The van der Waals surface area contributed by atoms with Crippen LogP contribution in [-0.2, 0) is 10.2 Å². The largest absolute Gasteiger partial charge is 0.315 e. The summed E-state index contributed by atoms with van der Waals surface area (Å²) >= 11 is 0. The summed E-state index contributed by atoms with van der Waals surface area (Å²) in [7, 11) is -3.29. The van der Waals surface area contributed by atoms with Crippen molar-refractivity contribution in [3.63, 3.8) is 0 Å². The molecule has 0 spiro atoms. The lowest BCUT2D eigenvalue weighted by Crippen LogP contribution is -2.50. The maximum absolute atomic E-state index is 12.3. The van der Waals surface area contributed by atoms with E-state index in [2.05, 4.69) is 6.92 Å². The molecule has 94 valence electrons. The lowest BCUT2D eigenvalue weighted by Gasteiger charge is -2.33. The fourth-order valence-electron chi connectivity index (χ4n) is 2.42. The molecule has 0 aromatic heterocycles. The fraction of sp³-hybridized carbons (Fsp3) is 1.00. The molecular weight excluding hydrogens is 226 g/mol. The lowest BCUT2D eigenvalue weighted by molar-refractivity contribution is 0.261. The summed E-state index contributed by atoms with van der Waals surface area (Å²) in [5.41, 5.74) is 5.82. The third-order valence-electron chi connectivity index (χ3n) is 3.61. The van der Waals surface area contributed by atoms with E-state index < -0.39 is 10.2 Å². The molecular formula is C10H21N3O2S. The average molecular weight is 247 g/mol. The van der Waals surface area contributed by atoms with Gasteiger partial charge in [0.2, 0.25) is 0 Å². The Bertz CT molecular complexity index is 336. The summed E-state index contributed by atoms with van der Waals surface area (Å²) in [4.78, 5) is 0. The van der Waals surface area contributed by atoms with Crippen LogP contribution in [0.1, 0.15) is 32.6 Å². The lowest BCUT2D eigenvalue weighted by atomic mass is 10.0. The van der Waals surface area contributed by atoms with Crippen LogP contribution in [0.2, 0.25) is 0 Å². The molecule has 0 aromatic carbocycles. The fourth-order valence-corrected chi connectivity index (χ4v) is 4.19. The Kier molecular flexibility index (Phi) is 3.53. The van der Waals surface area contributed by atoms with Crippen molar-refractivity contribution in [2.75, 3.05) is 19.6 Å². The normalized spacial score (nSPS) is 31.0. The Balaban J connectivity index is 2.07. The van der Waals surface area contributed by atoms with E-state index >= 15 is 0 Å². The third kappa shape index (κ3) is 2.25. The zero-order valence-corrected chi connectivity index (χ0v) is 10.6. The summed E-state index contributed by atoms with van der Waals surface area (Å²) in [6, 6.07) is 0. The Morgan fingerprint density at radius 1 is 1.12 bits per heavy atom. The molecule has 2 N–H and O–H groups in total. The van der Waals surface area contributed by atoms with Gasteiger partial charge in [0.1, 0.15) is 0 Å². The molecule has 2 rings (SSSR count). The number of piperidine rings is 1. The van der Waals surface area contributed by atoms with Gasteiger partial charge >= 0.3 is 0 Å². The van der Waals surface area contributed by atoms with Crippen LogP contribution in [0.3, 0.4) is 0 Å². The highest BCUT2D eigenvalue weighted by Gasteiger charge is 2.37. The van der Waals surface area contributed by atoms with Crippen molar-refractivity contribution in [1.29, 1.82) is 0 Å². The molecule has 2 aliphatic rings. The summed E-state index contributed by atoms with van der Waals surface area (Å²) in [5.74, 6) is 0.638. The number of hydrogen-bond acceptors (Lipinski definition) is 3. The standard InChI is InChI=1S/C10H21N3O2S/c1-9-4-7-12(8-5-9)16(14,15)13-6-2-3-10(13)11/h9-10H,2-8,11H2,1H3. The van der Waals surface area contributed by atoms with Gasteiger partial charge in [-0.25, -0.2) is 0 Å². The van der Waals surface area contributed by atoms with Gasteiger partial charge in [-0.05, 0) is 31.6 Å². The molecule has 0 saturated carbocycles. The van der Waals surface area contributed by atoms with Gasteiger partial charge in [0.25, 0.3) is 10.2 Å². The molecule has 0 amide bonds. The Hall–Kier alpha value is -0.170. The molecule has 6 heteroatoms. The van der Waals surface area contributed by atoms with E-state index in [0.29, 0.717) is 25.6 Å². The highest BCUT2D eigenvalue weighted by molar-refractivity contribution is 7.86. The summed E-state index contributed by atoms with van der Waals surface area (Å²) in [6.45, 7) is 4.04. The minimum absolute atomic E-state index is 0.315. The van der Waals surface area contributed by atoms with Crippen LogP contribution in [0.15, 0.2) is 0 Å². The van der Waals surface area contributed by atoms with Gasteiger partial charge < -0.3 is 5.73 Å². The Morgan fingerprint density at radius 2 is 1.75 bits per heavy atom. The number of rotatable bonds is 2. The second-order valence-corrected chi connectivity index (χ2v) is 6.79. The third-order valence-corrected chi connectivity index (χ3v) is 5.68. The molecule has 2 heterocycles. The van der Waals surface area contributed by atoms with Gasteiger partial charge in [0, 0.05) is 19.6 Å². The first-order valence-electron chi connectivity index (χ1n) is 6.04. The van der Waals surface area contributed by atoms with Crippen molar-refractivity contribution in [2.45, 2.75) is 38.8 Å². The highest BCUT2D eigenvalue weighted by atomic mass is 32.2. The van der Waals surface area contributed by atoms with Crippen molar-refractivity contribution in [3.05, 3.63) is 0 Å². The van der Waals surface area contributed by atoms with E-state index in [0.717, 1.165) is 25.7 Å². The van der Waals surface area contributed by atoms with E-state index in [4.69, 9.17) is 5.73 Å². The molecule has 0 radical (unpaired) electrons. The summed E-state index contributed by atoms with van der Waals surface area (Å²) < 4.78 is 27.6. The van der Waals surface area contributed by atoms with Gasteiger partial charge in [-0.15, -0.1) is 0 Å². The van der Waals surface area contributed by atoms with Crippen molar-refractivity contribution in [1.82, 2.24) is 8.61 Å². The molecule has 0 bridgehead atoms. The topological polar surface area (TPSA) is 66.6 Å². The van der Waals surface area contributed by atoms with Crippen molar-refractivity contribution in [2.24, 2.45) is 11.7 Å². The molecule has 5 nitrogen and oxygen atoms in total. The first kappa shape index (κ1) is 12.3. The smallest absolute Gasteiger partial charge is 0.283 e. The number of hydrogen-bond donors (Lipinski definition) is 1. The summed E-state index contributed by atoms with van der Waals surface area (Å²) in [5, 5.41) is 0. The summed E-state index contributed by atoms with van der Waals surface area (Å²) in [6.07, 6.45) is 3.27. The van der Waals surface area contributed by atoms with Gasteiger partial charge in [0.05, 0.1) is 6.17 Å². The van der Waals surface area contributed by atoms with Crippen LogP contribution in [0.4, 0.5) is 0 Å². The molecule has 1 unspecified atom stereocenters. The molecule has 2 aliphatic heterocycles. The van der Waals surface area contributed by atoms with Crippen LogP contribution in [0.5, 0.6) is 0 Å². The minimum atomic E-state index is -3.29. The van der Waals surface area contributed by atoms with Gasteiger partial charge in [-0.2, -0.15) is 17.0 Å². The van der Waals surface area contributed by atoms with Crippen LogP contribution in [-0.4, -0.2) is 42.8 Å². The van der Waals surface area contributed by atoms with Crippen molar-refractivity contribution >= 4 is 10.2 Å². The Morgan fingerprint density at radius 3 is 2.25 bits per heavy atom. The van der Waals surface area contributed by atoms with E-state index in [-0.39, 0.29) is 6.17 Å². The quantitative estimate of drug-likeness (QED) is 0.765. The molecule has 2 fully saturated rings. The van der Waals surface area contributed by atoms with Crippen LogP contribution in [0, 0.1) is 5.92 Å². The maximum Gasteiger partial charge on any atom is 0.283 e. The van der Waals surface area contributed by atoms with E-state index in [1.807, 2.05) is 0 Å². The SMILES string of the molecule is CC1CCN(S(=O)(=O)N2CCCC2N)CC1. The molecule has 0 aromatic rings. The number of nitrogens with two attached hydrogens (primary N) is 1. The van der Waals surface area contributed by atoms with Crippen molar-refractivity contribution < 1.29 is 8.42 Å². The van der Waals surface area contributed by atoms with Crippen LogP contribution >= 0.6 is 0 Å². The Labute approximate surface area is 97.8 Å². The van der Waals surface area contributed by atoms with Gasteiger partial charge in [-0.1, -0.05) is 6.92 Å². The van der Waals surface area contributed by atoms with E-state index in [1.54, 1.807) is 4.31 Å². The molecule has 1 atom stereocenters. The van der Waals surface area contributed by atoms with E-state index in [9.17, 15) is 8.42 Å². The zero-order chi connectivity index (χ0) is 11.8. The second kappa shape index (κ2) is 4.60.